The van der Waals surface area contributed by atoms with E-state index < -0.39 is 10.4 Å². The Morgan fingerprint density at radius 1 is 0.818 bits per heavy atom. The summed E-state index contributed by atoms with van der Waals surface area (Å²) < 4.78 is 31.6. The first-order valence-electron chi connectivity index (χ1n) is 0.698. The summed E-state index contributed by atoms with van der Waals surface area (Å²) in [5, 5.41) is 0. The van der Waals surface area contributed by atoms with Crippen molar-refractivity contribution >= 4 is 94.0 Å². The molecule has 0 radical (unpaired) electrons. The minimum absolute atomic E-state index is 0. The molecule has 0 aliphatic carbocycles. The third-order valence-corrected chi connectivity index (χ3v) is 0. The second kappa shape index (κ2) is 22.8. The third-order valence-electron chi connectivity index (χ3n) is 0. The van der Waals surface area contributed by atoms with Crippen LogP contribution in [0, 0.1) is 0 Å². The van der Waals surface area contributed by atoms with Gasteiger partial charge < -0.3 is 16.4 Å². The van der Waals surface area contributed by atoms with Gasteiger partial charge in [-0.05, 0) is 0 Å². The van der Waals surface area contributed by atoms with Crippen LogP contribution in [0.1, 0.15) is 0 Å². The van der Waals surface area contributed by atoms with Crippen LogP contribution in [0.25, 0.3) is 0 Å². The van der Waals surface area contributed by atoms with Crippen molar-refractivity contribution in [2.75, 3.05) is 0 Å². The van der Waals surface area contributed by atoms with Gasteiger partial charge in [-0.3, -0.25) is 9.11 Å². The molecule has 0 aromatic rings. The minimum Gasteiger partial charge on any atom is -2.00 e. The Hall–Kier alpha value is 2.39. The van der Waals surface area contributed by atoms with Gasteiger partial charge in [-0.1, -0.05) is 0 Å². The summed E-state index contributed by atoms with van der Waals surface area (Å²) in [5.74, 6) is 0. The van der Waals surface area contributed by atoms with Gasteiger partial charge in [-0.25, -0.2) is 0 Å². The van der Waals surface area contributed by atoms with Crippen LogP contribution in [-0.2, 0) is 26.8 Å². The normalized spacial score (nSPS) is 5.27. The van der Waals surface area contributed by atoms with Gasteiger partial charge in [-0.2, -0.15) is 8.42 Å². The molecule has 0 aromatic heterocycles. The number of rotatable bonds is 0. The van der Waals surface area contributed by atoms with Gasteiger partial charge >= 0.3 is 94.0 Å². The molecule has 0 bridgehead atoms. The standard InChI is InChI=1S/2Al.Ba.H2O4S.3O/c;;;1-5(2,3)4;;;/h;;;(H2,1,2,3,4);;;/q2*+3;+2;;3*-2. The molecule has 0 spiro atoms. The van der Waals surface area contributed by atoms with Crippen molar-refractivity contribution in [1.29, 1.82) is 0 Å². The van der Waals surface area contributed by atoms with E-state index in [0.29, 0.717) is 0 Å². The van der Waals surface area contributed by atoms with E-state index in [1.165, 1.54) is 0 Å². The number of hydrogen-bond donors (Lipinski definition) is 2. The van der Waals surface area contributed by atoms with Crippen LogP contribution in [0.5, 0.6) is 0 Å². The zero-order valence-electron chi connectivity index (χ0n) is 5.21. The Morgan fingerprint density at radius 2 is 0.818 bits per heavy atom. The largest absolute Gasteiger partial charge is 3.00 e. The molecule has 56 valence electrons. The maximum Gasteiger partial charge on any atom is 3.00 e. The van der Waals surface area contributed by atoms with Crippen LogP contribution in [0.3, 0.4) is 0 Å². The van der Waals surface area contributed by atoms with E-state index in [4.69, 9.17) is 17.5 Å². The van der Waals surface area contributed by atoms with Crippen molar-refractivity contribution in [3.63, 3.8) is 0 Å². The Morgan fingerprint density at radius 3 is 0.818 bits per heavy atom. The fraction of sp³-hybridized carbons (Fsp3) is 0. The maximum absolute atomic E-state index is 8.74. The second-order valence-electron chi connectivity index (χ2n) is 0.448. The molecule has 0 fully saturated rings. The molecule has 11 heavy (non-hydrogen) atoms. The van der Waals surface area contributed by atoms with E-state index in [2.05, 4.69) is 0 Å². The predicted octanol–water partition coefficient (Wildman–Crippen LogP) is -2.15. The molecule has 0 atom stereocenters. The summed E-state index contributed by atoms with van der Waals surface area (Å²) in [6.45, 7) is 0. The van der Waals surface area contributed by atoms with Crippen molar-refractivity contribution in [3.8, 4) is 0 Å². The fourth-order valence-corrected chi connectivity index (χ4v) is 0. The van der Waals surface area contributed by atoms with Crippen LogP contribution in [0.15, 0.2) is 0 Å². The van der Waals surface area contributed by atoms with Crippen LogP contribution in [0.2, 0.25) is 0 Å². The van der Waals surface area contributed by atoms with Crippen LogP contribution in [0.4, 0.5) is 0 Å². The van der Waals surface area contributed by atoms with Crippen molar-refractivity contribution in [3.05, 3.63) is 0 Å². The van der Waals surface area contributed by atoms with Gasteiger partial charge in [0.15, 0.2) is 0 Å². The van der Waals surface area contributed by atoms with Crippen LogP contribution < -0.4 is 0 Å². The molecule has 7 nitrogen and oxygen atoms in total. The maximum atomic E-state index is 8.74. The van der Waals surface area contributed by atoms with Crippen molar-refractivity contribution in [1.82, 2.24) is 0 Å². The summed E-state index contributed by atoms with van der Waals surface area (Å²) in [4.78, 5) is 0. The van der Waals surface area contributed by atoms with E-state index in [0.717, 1.165) is 0 Å². The Balaban J connectivity index is -0.00000000533. The van der Waals surface area contributed by atoms with Gasteiger partial charge in [0.2, 0.25) is 0 Å². The van der Waals surface area contributed by atoms with Crippen LogP contribution in [-0.4, -0.2) is 101 Å². The van der Waals surface area contributed by atoms with Gasteiger partial charge in [0.25, 0.3) is 0 Å². The Kier molecular flexibility index (Phi) is 105. The second-order valence-corrected chi connectivity index (χ2v) is 1.34. The average Bonchev–Trinajstić information content (AvgIpc) is 0.722. The summed E-state index contributed by atoms with van der Waals surface area (Å²) in [5.41, 5.74) is 0. The smallest absolute Gasteiger partial charge is 2.00 e. The minimum atomic E-state index is -4.67. The zero-order valence-corrected chi connectivity index (χ0v) is 12.8. The molecular weight excluding hydrogens is 335 g/mol. The summed E-state index contributed by atoms with van der Waals surface area (Å²) in [6.07, 6.45) is 0. The topological polar surface area (TPSA) is 160 Å². The Labute approximate surface area is 126 Å². The molecule has 2 N–H and O–H groups in total. The summed E-state index contributed by atoms with van der Waals surface area (Å²) in [7, 11) is -4.67. The quantitative estimate of drug-likeness (QED) is 0.381. The molecule has 0 saturated carbocycles. The first-order chi connectivity index (χ1) is 2.00. The molecule has 0 aliphatic rings. The monoisotopic (exact) mass is 338 g/mol. The molecule has 0 heterocycles. The molecular formula is H2Al2BaO7S+2. The van der Waals surface area contributed by atoms with E-state index in [1.54, 1.807) is 0 Å². The molecule has 0 amide bonds. The van der Waals surface area contributed by atoms with Gasteiger partial charge in [-0.15, -0.1) is 0 Å². The first kappa shape index (κ1) is 50.4. The molecule has 0 aliphatic heterocycles. The molecule has 0 rings (SSSR count). The van der Waals surface area contributed by atoms with E-state index in [1.807, 2.05) is 0 Å². The Bertz CT molecular complexity index is 99.6. The third kappa shape index (κ3) is 235. The van der Waals surface area contributed by atoms with Gasteiger partial charge in [0.05, 0.1) is 0 Å². The fourth-order valence-electron chi connectivity index (χ4n) is 0. The molecule has 0 saturated heterocycles. The van der Waals surface area contributed by atoms with E-state index in [-0.39, 0.29) is 100 Å². The first-order valence-corrected chi connectivity index (χ1v) is 2.10. The van der Waals surface area contributed by atoms with Gasteiger partial charge in [0.1, 0.15) is 0 Å². The molecule has 11 heteroatoms. The molecule has 0 unspecified atom stereocenters. The van der Waals surface area contributed by atoms with Gasteiger partial charge in [0, 0.05) is 0 Å². The van der Waals surface area contributed by atoms with E-state index in [9.17, 15) is 0 Å². The average molecular weight is 337 g/mol. The molecule has 0 aromatic carbocycles. The van der Waals surface area contributed by atoms with Crippen LogP contribution >= 0.6 is 0 Å². The summed E-state index contributed by atoms with van der Waals surface area (Å²) >= 11 is 0. The SMILES string of the molecule is O=S(=O)(O)O.[Al+3].[Al+3].[Ba+2].[O-2].[O-2].[O-2]. The van der Waals surface area contributed by atoms with Crippen molar-refractivity contribution in [2.24, 2.45) is 0 Å². The summed E-state index contributed by atoms with van der Waals surface area (Å²) in [6, 6.07) is 0. The number of hydrogen-bond acceptors (Lipinski definition) is 2. The van der Waals surface area contributed by atoms with Crippen molar-refractivity contribution < 1.29 is 34.0 Å². The van der Waals surface area contributed by atoms with Crippen molar-refractivity contribution in [2.45, 2.75) is 0 Å². The zero-order chi connectivity index (χ0) is 4.50. The van der Waals surface area contributed by atoms with E-state index >= 15 is 0 Å². The predicted molar refractivity (Wildman–Crippen MR) is 33.5 cm³/mol.